The summed E-state index contributed by atoms with van der Waals surface area (Å²) >= 11 is 7.31. The molecule has 0 fully saturated rings. The van der Waals surface area contributed by atoms with Crippen LogP contribution in [0.3, 0.4) is 0 Å². The van der Waals surface area contributed by atoms with E-state index in [1.807, 2.05) is 16.8 Å². The van der Waals surface area contributed by atoms with Gasteiger partial charge in [0, 0.05) is 34.3 Å². The van der Waals surface area contributed by atoms with Crippen molar-refractivity contribution in [1.82, 2.24) is 0 Å². The number of nitrogens with zero attached hydrogens (tertiary/aromatic N) is 1. The van der Waals surface area contributed by atoms with Gasteiger partial charge in [0.2, 0.25) is 0 Å². The van der Waals surface area contributed by atoms with Gasteiger partial charge in [-0.15, -0.1) is 0 Å². The fourth-order valence-electron chi connectivity index (χ4n) is 1.42. The molecule has 1 aromatic carbocycles. The van der Waals surface area contributed by atoms with Gasteiger partial charge in [-0.05, 0) is 23.6 Å². The maximum absolute atomic E-state index is 10.9. The predicted octanol–water partition coefficient (Wildman–Crippen LogP) is 3.92. The lowest BCUT2D eigenvalue weighted by molar-refractivity contribution is -0.385. The Morgan fingerprint density at radius 3 is 2.88 bits per heavy atom. The molecule has 4 nitrogen and oxygen atoms in total. The van der Waals surface area contributed by atoms with E-state index in [0.717, 1.165) is 5.69 Å². The summed E-state index contributed by atoms with van der Waals surface area (Å²) in [7, 11) is 0. The molecule has 0 spiro atoms. The van der Waals surface area contributed by atoms with E-state index in [0.29, 0.717) is 17.1 Å². The van der Waals surface area contributed by atoms with Crippen LogP contribution in [0.1, 0.15) is 5.56 Å². The summed E-state index contributed by atoms with van der Waals surface area (Å²) in [5.74, 6) is 0. The third-order valence-electron chi connectivity index (χ3n) is 2.25. The first-order chi connectivity index (χ1) is 8.16. The first-order valence-corrected chi connectivity index (χ1v) is 6.18. The minimum atomic E-state index is -0.420. The molecule has 17 heavy (non-hydrogen) atoms. The lowest BCUT2D eigenvalue weighted by Crippen LogP contribution is -2.02. The van der Waals surface area contributed by atoms with Gasteiger partial charge in [0.25, 0.3) is 5.69 Å². The molecule has 0 unspecified atom stereocenters. The van der Waals surface area contributed by atoms with Crippen molar-refractivity contribution in [3.05, 3.63) is 55.7 Å². The lowest BCUT2D eigenvalue weighted by atomic mass is 10.2. The summed E-state index contributed by atoms with van der Waals surface area (Å²) in [6.07, 6.45) is 0. The first-order valence-electron chi connectivity index (χ1n) is 4.85. The molecule has 1 heterocycles. The zero-order chi connectivity index (χ0) is 12.3. The van der Waals surface area contributed by atoms with Crippen molar-refractivity contribution < 1.29 is 4.92 Å². The van der Waals surface area contributed by atoms with E-state index in [9.17, 15) is 10.1 Å². The maximum atomic E-state index is 10.9. The summed E-state index contributed by atoms with van der Waals surface area (Å²) in [6, 6.07) is 6.61. The van der Waals surface area contributed by atoms with Gasteiger partial charge in [-0.2, -0.15) is 11.3 Å². The van der Waals surface area contributed by atoms with E-state index in [-0.39, 0.29) is 5.69 Å². The Balaban J connectivity index is 2.17. The van der Waals surface area contributed by atoms with Crippen molar-refractivity contribution in [3.63, 3.8) is 0 Å². The molecule has 0 atom stereocenters. The minimum absolute atomic E-state index is 0.0419. The predicted molar refractivity (Wildman–Crippen MR) is 69.8 cm³/mol. The summed E-state index contributed by atoms with van der Waals surface area (Å²) in [5.41, 5.74) is 1.62. The number of anilines is 1. The average molecular weight is 269 g/mol. The molecule has 0 radical (unpaired) electrons. The number of hydrogen-bond acceptors (Lipinski definition) is 4. The largest absolute Gasteiger partial charge is 0.380 e. The molecule has 0 aliphatic heterocycles. The third-order valence-corrected chi connectivity index (χ3v) is 3.17. The fraction of sp³-hybridized carbons (Fsp3) is 0.0909. The third kappa shape index (κ3) is 2.95. The molecular weight excluding hydrogens is 260 g/mol. The Bertz CT molecular complexity index is 528. The highest BCUT2D eigenvalue weighted by Crippen LogP contribution is 2.24. The van der Waals surface area contributed by atoms with Crippen LogP contribution in [0.2, 0.25) is 5.02 Å². The standard InChI is InChI=1S/C11H9ClN2O2S/c12-9-2-1-8(11(5-9)14(15)16)6-13-10-3-4-17-7-10/h1-5,7,13H,6H2. The lowest BCUT2D eigenvalue weighted by Gasteiger charge is -2.05. The Morgan fingerprint density at radius 2 is 2.24 bits per heavy atom. The second-order valence-electron chi connectivity index (χ2n) is 3.40. The topological polar surface area (TPSA) is 55.2 Å². The van der Waals surface area contributed by atoms with E-state index in [2.05, 4.69) is 5.32 Å². The first kappa shape index (κ1) is 11.9. The summed E-state index contributed by atoms with van der Waals surface area (Å²) < 4.78 is 0. The Labute approximate surface area is 107 Å². The van der Waals surface area contributed by atoms with Gasteiger partial charge in [-0.3, -0.25) is 10.1 Å². The van der Waals surface area contributed by atoms with Crippen molar-refractivity contribution >= 4 is 34.3 Å². The molecule has 2 rings (SSSR count). The number of nitrogens with one attached hydrogen (secondary N) is 1. The molecule has 0 amide bonds. The van der Waals surface area contributed by atoms with Crippen LogP contribution in [0.4, 0.5) is 11.4 Å². The highest BCUT2D eigenvalue weighted by atomic mass is 35.5. The number of benzene rings is 1. The zero-order valence-corrected chi connectivity index (χ0v) is 10.3. The van der Waals surface area contributed by atoms with E-state index < -0.39 is 4.92 Å². The van der Waals surface area contributed by atoms with Crippen LogP contribution in [0.15, 0.2) is 35.0 Å². The molecule has 1 N–H and O–H groups in total. The number of halogens is 1. The number of thiophene rings is 1. The van der Waals surface area contributed by atoms with E-state index in [1.54, 1.807) is 23.5 Å². The quantitative estimate of drug-likeness (QED) is 0.675. The highest BCUT2D eigenvalue weighted by molar-refractivity contribution is 7.08. The molecule has 0 saturated heterocycles. The monoisotopic (exact) mass is 268 g/mol. The number of nitro groups is 1. The molecule has 2 aromatic rings. The summed E-state index contributed by atoms with van der Waals surface area (Å²) in [4.78, 5) is 10.4. The van der Waals surface area contributed by atoms with Gasteiger partial charge in [0.1, 0.15) is 0 Å². The molecule has 1 aromatic heterocycles. The summed E-state index contributed by atoms with van der Waals surface area (Å²) in [6.45, 7) is 0.407. The normalized spacial score (nSPS) is 10.2. The van der Waals surface area contributed by atoms with Crippen molar-refractivity contribution in [1.29, 1.82) is 0 Å². The summed E-state index contributed by atoms with van der Waals surface area (Å²) in [5, 5.41) is 18.2. The van der Waals surface area contributed by atoms with Crippen LogP contribution in [0.25, 0.3) is 0 Å². The zero-order valence-electron chi connectivity index (χ0n) is 8.72. The Kier molecular flexibility index (Phi) is 3.61. The van der Waals surface area contributed by atoms with Crippen LogP contribution in [-0.2, 0) is 6.54 Å². The van der Waals surface area contributed by atoms with E-state index in [1.165, 1.54) is 6.07 Å². The number of hydrogen-bond donors (Lipinski definition) is 1. The second kappa shape index (κ2) is 5.16. The van der Waals surface area contributed by atoms with Crippen LogP contribution in [0, 0.1) is 10.1 Å². The number of nitro benzene ring substituents is 1. The molecule has 0 bridgehead atoms. The van der Waals surface area contributed by atoms with Gasteiger partial charge in [-0.1, -0.05) is 11.6 Å². The van der Waals surface area contributed by atoms with Crippen LogP contribution in [-0.4, -0.2) is 4.92 Å². The van der Waals surface area contributed by atoms with Gasteiger partial charge in [-0.25, -0.2) is 0 Å². The second-order valence-corrected chi connectivity index (χ2v) is 4.61. The molecule has 6 heteroatoms. The van der Waals surface area contributed by atoms with Crippen molar-refractivity contribution in [2.75, 3.05) is 5.32 Å². The Hall–Kier alpha value is -1.59. The highest BCUT2D eigenvalue weighted by Gasteiger charge is 2.13. The molecule has 0 aliphatic rings. The van der Waals surface area contributed by atoms with Crippen molar-refractivity contribution in [2.24, 2.45) is 0 Å². The molecule has 0 aliphatic carbocycles. The van der Waals surface area contributed by atoms with Gasteiger partial charge in [0.15, 0.2) is 0 Å². The maximum Gasteiger partial charge on any atom is 0.275 e. The molecular formula is C11H9ClN2O2S. The molecule has 0 saturated carbocycles. The van der Waals surface area contributed by atoms with Gasteiger partial charge >= 0.3 is 0 Å². The minimum Gasteiger partial charge on any atom is -0.380 e. The average Bonchev–Trinajstić information content (AvgIpc) is 2.80. The van der Waals surface area contributed by atoms with E-state index >= 15 is 0 Å². The van der Waals surface area contributed by atoms with Crippen molar-refractivity contribution in [2.45, 2.75) is 6.54 Å². The Morgan fingerprint density at radius 1 is 1.41 bits per heavy atom. The van der Waals surface area contributed by atoms with Crippen LogP contribution >= 0.6 is 22.9 Å². The fourth-order valence-corrected chi connectivity index (χ4v) is 2.20. The van der Waals surface area contributed by atoms with Crippen molar-refractivity contribution in [3.8, 4) is 0 Å². The van der Waals surface area contributed by atoms with Gasteiger partial charge < -0.3 is 5.32 Å². The SMILES string of the molecule is O=[N+]([O-])c1cc(Cl)ccc1CNc1ccsc1. The van der Waals surface area contributed by atoms with Gasteiger partial charge in [0.05, 0.1) is 4.92 Å². The number of rotatable bonds is 4. The van der Waals surface area contributed by atoms with Crippen LogP contribution in [0.5, 0.6) is 0 Å². The van der Waals surface area contributed by atoms with Crippen LogP contribution < -0.4 is 5.32 Å². The van der Waals surface area contributed by atoms with E-state index in [4.69, 9.17) is 11.6 Å². The molecule has 88 valence electrons. The smallest absolute Gasteiger partial charge is 0.275 e.